The number of rotatable bonds is 6. The van der Waals surface area contributed by atoms with Crippen LogP contribution in [0.25, 0.3) is 0 Å². The molecule has 1 aromatic carbocycles. The standard InChI is InChI=1S/C16H20N8O/c1-12(2)23-10-17-19-14(23)9-22(3)16(25)15(24-11-18-20-21-24)13-7-5-4-6-8-13/h4-8,10-12,15H,9H2,1-3H3/t15-/m0/s1. The first-order chi connectivity index (χ1) is 12.1. The number of carbonyl (C=O) groups is 1. The maximum atomic E-state index is 13.1. The third-order valence-electron chi connectivity index (χ3n) is 3.94. The second-order valence-corrected chi connectivity index (χ2v) is 6.05. The molecule has 0 aliphatic heterocycles. The summed E-state index contributed by atoms with van der Waals surface area (Å²) in [6.07, 6.45) is 3.12. The molecule has 0 fully saturated rings. The van der Waals surface area contributed by atoms with Crippen LogP contribution in [0, 0.1) is 0 Å². The Kier molecular flexibility index (Phi) is 4.82. The number of carbonyl (C=O) groups excluding carboxylic acids is 1. The van der Waals surface area contributed by atoms with Gasteiger partial charge < -0.3 is 9.47 Å². The molecule has 0 saturated carbocycles. The Balaban J connectivity index is 1.86. The lowest BCUT2D eigenvalue weighted by Gasteiger charge is -2.24. The second-order valence-electron chi connectivity index (χ2n) is 6.05. The van der Waals surface area contributed by atoms with Gasteiger partial charge in [0.2, 0.25) is 0 Å². The van der Waals surface area contributed by atoms with Gasteiger partial charge in [-0.1, -0.05) is 30.3 Å². The molecule has 0 radical (unpaired) electrons. The van der Waals surface area contributed by atoms with Crippen molar-refractivity contribution in [2.45, 2.75) is 32.5 Å². The Morgan fingerprint density at radius 2 is 1.92 bits per heavy atom. The normalized spacial score (nSPS) is 12.3. The molecule has 0 aliphatic carbocycles. The fraction of sp³-hybridized carbons (Fsp3) is 0.375. The summed E-state index contributed by atoms with van der Waals surface area (Å²) in [7, 11) is 1.74. The van der Waals surface area contributed by atoms with E-state index < -0.39 is 6.04 Å². The molecule has 0 saturated heterocycles. The van der Waals surface area contributed by atoms with E-state index in [0.717, 1.165) is 11.4 Å². The minimum atomic E-state index is -0.628. The zero-order valence-corrected chi connectivity index (χ0v) is 14.4. The lowest BCUT2D eigenvalue weighted by atomic mass is 10.1. The van der Waals surface area contributed by atoms with Crippen molar-refractivity contribution in [3.05, 3.63) is 54.4 Å². The highest BCUT2D eigenvalue weighted by molar-refractivity contribution is 5.83. The van der Waals surface area contributed by atoms with Crippen molar-refractivity contribution in [3.63, 3.8) is 0 Å². The zero-order valence-electron chi connectivity index (χ0n) is 14.4. The summed E-state index contributed by atoms with van der Waals surface area (Å²) in [5.41, 5.74) is 0.817. The van der Waals surface area contributed by atoms with E-state index in [1.165, 1.54) is 11.0 Å². The van der Waals surface area contributed by atoms with Crippen LogP contribution in [-0.4, -0.2) is 52.8 Å². The van der Waals surface area contributed by atoms with Crippen LogP contribution in [0.4, 0.5) is 0 Å². The minimum Gasteiger partial charge on any atom is -0.336 e. The molecule has 0 spiro atoms. The summed E-state index contributed by atoms with van der Waals surface area (Å²) in [6.45, 7) is 4.44. The molecule has 1 atom stereocenters. The van der Waals surface area contributed by atoms with E-state index in [0.29, 0.717) is 6.54 Å². The molecule has 0 aliphatic rings. The van der Waals surface area contributed by atoms with Gasteiger partial charge in [0, 0.05) is 13.1 Å². The number of tetrazole rings is 1. The van der Waals surface area contributed by atoms with E-state index in [1.807, 2.05) is 48.7 Å². The summed E-state index contributed by atoms with van der Waals surface area (Å²) in [4.78, 5) is 14.7. The molecule has 0 N–H and O–H groups in total. The van der Waals surface area contributed by atoms with Crippen LogP contribution in [0.3, 0.4) is 0 Å². The van der Waals surface area contributed by atoms with Gasteiger partial charge in [-0.15, -0.1) is 15.3 Å². The van der Waals surface area contributed by atoms with Crippen molar-refractivity contribution in [3.8, 4) is 0 Å². The monoisotopic (exact) mass is 340 g/mol. The first-order valence-electron chi connectivity index (χ1n) is 7.98. The number of hydrogen-bond acceptors (Lipinski definition) is 6. The molecule has 1 amide bonds. The SMILES string of the molecule is CC(C)n1cnnc1CN(C)C(=O)[C@H](c1ccccc1)n1cnnn1. The van der Waals surface area contributed by atoms with E-state index >= 15 is 0 Å². The molecule has 3 rings (SSSR count). The average Bonchev–Trinajstić information content (AvgIpc) is 3.28. The smallest absolute Gasteiger partial charge is 0.252 e. The van der Waals surface area contributed by atoms with Gasteiger partial charge in [0.25, 0.3) is 5.91 Å². The molecular weight excluding hydrogens is 320 g/mol. The van der Waals surface area contributed by atoms with Gasteiger partial charge in [-0.3, -0.25) is 4.79 Å². The predicted octanol–water partition coefficient (Wildman–Crippen LogP) is 1.09. The van der Waals surface area contributed by atoms with Gasteiger partial charge >= 0.3 is 0 Å². The van der Waals surface area contributed by atoms with Gasteiger partial charge in [-0.2, -0.15) is 0 Å². The topological polar surface area (TPSA) is 94.6 Å². The predicted molar refractivity (Wildman–Crippen MR) is 89.3 cm³/mol. The van der Waals surface area contributed by atoms with E-state index in [4.69, 9.17) is 0 Å². The maximum absolute atomic E-state index is 13.1. The molecule has 0 bridgehead atoms. The van der Waals surface area contributed by atoms with Crippen molar-refractivity contribution in [1.82, 2.24) is 39.9 Å². The van der Waals surface area contributed by atoms with Crippen LogP contribution >= 0.6 is 0 Å². The number of likely N-dealkylation sites (N-methyl/N-ethyl adjacent to an activating group) is 1. The summed E-state index contributed by atoms with van der Waals surface area (Å²) in [5, 5.41) is 19.3. The fourth-order valence-electron chi connectivity index (χ4n) is 2.64. The highest BCUT2D eigenvalue weighted by Crippen LogP contribution is 2.20. The molecule has 9 nitrogen and oxygen atoms in total. The van der Waals surface area contributed by atoms with Crippen molar-refractivity contribution in [2.24, 2.45) is 0 Å². The summed E-state index contributed by atoms with van der Waals surface area (Å²) < 4.78 is 3.40. The van der Waals surface area contributed by atoms with Crippen molar-refractivity contribution in [1.29, 1.82) is 0 Å². The highest BCUT2D eigenvalue weighted by Gasteiger charge is 2.27. The van der Waals surface area contributed by atoms with E-state index in [9.17, 15) is 4.79 Å². The van der Waals surface area contributed by atoms with Crippen molar-refractivity contribution < 1.29 is 4.79 Å². The highest BCUT2D eigenvalue weighted by atomic mass is 16.2. The molecule has 130 valence electrons. The quantitative estimate of drug-likeness (QED) is 0.667. The summed E-state index contributed by atoms with van der Waals surface area (Å²) in [6, 6.07) is 9.03. The minimum absolute atomic E-state index is 0.128. The first kappa shape index (κ1) is 16.7. The zero-order chi connectivity index (χ0) is 17.8. The van der Waals surface area contributed by atoms with E-state index in [1.54, 1.807) is 18.3 Å². The van der Waals surface area contributed by atoms with Crippen LogP contribution < -0.4 is 0 Å². The van der Waals surface area contributed by atoms with Crippen LogP contribution in [-0.2, 0) is 11.3 Å². The molecular formula is C16H20N8O. The Hall–Kier alpha value is -3.10. The Morgan fingerprint density at radius 3 is 2.56 bits per heavy atom. The molecule has 2 aromatic heterocycles. The third-order valence-corrected chi connectivity index (χ3v) is 3.94. The first-order valence-corrected chi connectivity index (χ1v) is 7.98. The van der Waals surface area contributed by atoms with Gasteiger partial charge in [0.1, 0.15) is 12.7 Å². The van der Waals surface area contributed by atoms with Gasteiger partial charge in [-0.05, 0) is 29.8 Å². The average molecular weight is 340 g/mol. The van der Waals surface area contributed by atoms with Crippen LogP contribution in [0.1, 0.15) is 37.3 Å². The number of hydrogen-bond donors (Lipinski definition) is 0. The number of nitrogens with zero attached hydrogens (tertiary/aromatic N) is 8. The van der Waals surface area contributed by atoms with Crippen LogP contribution in [0.15, 0.2) is 43.0 Å². The molecule has 9 heteroatoms. The van der Waals surface area contributed by atoms with Crippen molar-refractivity contribution >= 4 is 5.91 Å². The van der Waals surface area contributed by atoms with Gasteiger partial charge in [-0.25, -0.2) is 4.68 Å². The van der Waals surface area contributed by atoms with E-state index in [2.05, 4.69) is 25.7 Å². The molecule has 3 aromatic rings. The number of benzene rings is 1. The van der Waals surface area contributed by atoms with E-state index in [-0.39, 0.29) is 11.9 Å². The fourth-order valence-corrected chi connectivity index (χ4v) is 2.64. The maximum Gasteiger partial charge on any atom is 0.252 e. The lowest BCUT2D eigenvalue weighted by molar-refractivity contribution is -0.133. The van der Waals surface area contributed by atoms with Crippen molar-refractivity contribution in [2.75, 3.05) is 7.05 Å². The van der Waals surface area contributed by atoms with Gasteiger partial charge in [0.15, 0.2) is 11.9 Å². The second kappa shape index (κ2) is 7.20. The summed E-state index contributed by atoms with van der Waals surface area (Å²) >= 11 is 0. The molecule has 25 heavy (non-hydrogen) atoms. The third kappa shape index (κ3) is 3.54. The summed E-state index contributed by atoms with van der Waals surface area (Å²) in [5.74, 6) is 0.603. The number of amides is 1. The van der Waals surface area contributed by atoms with Crippen LogP contribution in [0.5, 0.6) is 0 Å². The number of aromatic nitrogens is 7. The lowest BCUT2D eigenvalue weighted by Crippen LogP contribution is -2.35. The molecule has 2 heterocycles. The van der Waals surface area contributed by atoms with Gasteiger partial charge in [0.05, 0.1) is 6.54 Å². The Labute approximate surface area is 145 Å². The van der Waals surface area contributed by atoms with Crippen LogP contribution in [0.2, 0.25) is 0 Å². The molecule has 0 unspecified atom stereocenters. The Bertz CT molecular complexity index is 812. The largest absolute Gasteiger partial charge is 0.336 e. The Morgan fingerprint density at radius 1 is 1.16 bits per heavy atom.